The van der Waals surface area contributed by atoms with Gasteiger partial charge in [0.1, 0.15) is 5.69 Å². The second-order valence-corrected chi connectivity index (χ2v) is 7.49. The lowest BCUT2D eigenvalue weighted by atomic mass is 10.1. The fourth-order valence-electron chi connectivity index (χ4n) is 4.22. The molecule has 0 atom stereocenters. The van der Waals surface area contributed by atoms with Crippen molar-refractivity contribution in [2.24, 2.45) is 0 Å². The highest BCUT2D eigenvalue weighted by Crippen LogP contribution is 2.27. The summed E-state index contributed by atoms with van der Waals surface area (Å²) in [6, 6.07) is 10.1. The summed E-state index contributed by atoms with van der Waals surface area (Å²) in [4.78, 5) is 18.8. The van der Waals surface area contributed by atoms with Gasteiger partial charge in [-0.05, 0) is 62.9 Å². The van der Waals surface area contributed by atoms with Crippen LogP contribution in [0.1, 0.15) is 46.6 Å². The van der Waals surface area contributed by atoms with Crippen molar-refractivity contribution in [2.75, 3.05) is 18.0 Å². The number of carbonyl (C=O) groups is 1. The molecular weight excluding hydrogens is 338 g/mol. The summed E-state index contributed by atoms with van der Waals surface area (Å²) >= 11 is 0. The molecule has 3 heterocycles. The van der Waals surface area contributed by atoms with Crippen LogP contribution in [0.25, 0.3) is 10.9 Å². The Balaban J connectivity index is 1.75. The molecule has 1 N–H and O–H groups in total. The van der Waals surface area contributed by atoms with Crippen molar-refractivity contribution in [2.45, 2.75) is 39.7 Å². The van der Waals surface area contributed by atoms with Crippen molar-refractivity contribution >= 4 is 22.6 Å². The van der Waals surface area contributed by atoms with E-state index in [2.05, 4.69) is 28.1 Å². The predicted octanol–water partition coefficient (Wildman–Crippen LogP) is 4.39. The third kappa shape index (κ3) is 3.42. The van der Waals surface area contributed by atoms with Gasteiger partial charge < -0.3 is 14.6 Å². The van der Waals surface area contributed by atoms with E-state index in [1.54, 1.807) is 6.07 Å². The number of carboxylic acid groups (broad SMARTS) is 1. The van der Waals surface area contributed by atoms with Gasteiger partial charge in [0.2, 0.25) is 0 Å². The van der Waals surface area contributed by atoms with E-state index in [1.807, 2.05) is 30.7 Å². The average molecular weight is 363 g/mol. The van der Waals surface area contributed by atoms with Crippen LogP contribution in [0.4, 0.5) is 5.69 Å². The third-order valence-electron chi connectivity index (χ3n) is 5.39. The molecule has 0 radical (unpaired) electrons. The van der Waals surface area contributed by atoms with Crippen molar-refractivity contribution in [1.82, 2.24) is 9.55 Å². The zero-order valence-corrected chi connectivity index (χ0v) is 15.9. The van der Waals surface area contributed by atoms with Gasteiger partial charge in [0.25, 0.3) is 0 Å². The highest BCUT2D eigenvalue weighted by atomic mass is 16.4. The van der Waals surface area contributed by atoms with E-state index < -0.39 is 5.97 Å². The first-order valence-electron chi connectivity index (χ1n) is 9.56. The van der Waals surface area contributed by atoms with Gasteiger partial charge in [-0.25, -0.2) is 4.79 Å². The first-order chi connectivity index (χ1) is 13.0. The topological polar surface area (TPSA) is 58.4 Å². The summed E-state index contributed by atoms with van der Waals surface area (Å²) in [6.07, 6.45) is 5.58. The lowest BCUT2D eigenvalue weighted by Gasteiger charge is -2.29. The molecule has 1 fully saturated rings. The SMILES string of the molecule is Cc1cc(C)c2c(c1)cc(C(=O)O)n2Cc1cc(N2CCCCC2)ccn1. The second-order valence-electron chi connectivity index (χ2n) is 7.49. The van der Waals surface area contributed by atoms with E-state index in [4.69, 9.17) is 0 Å². The number of anilines is 1. The Morgan fingerprint density at radius 3 is 2.63 bits per heavy atom. The monoisotopic (exact) mass is 363 g/mol. The molecule has 5 nitrogen and oxygen atoms in total. The first kappa shape index (κ1) is 17.6. The molecule has 0 saturated carbocycles. The van der Waals surface area contributed by atoms with Crippen LogP contribution in [0.15, 0.2) is 36.5 Å². The van der Waals surface area contributed by atoms with Crippen molar-refractivity contribution in [1.29, 1.82) is 0 Å². The van der Waals surface area contributed by atoms with Crippen LogP contribution in [-0.4, -0.2) is 33.7 Å². The number of nitrogens with zero attached hydrogens (tertiary/aromatic N) is 3. The number of pyridine rings is 1. The fourth-order valence-corrected chi connectivity index (χ4v) is 4.22. The number of aromatic carboxylic acids is 1. The molecule has 1 aliphatic rings. The van der Waals surface area contributed by atoms with Crippen molar-refractivity contribution in [3.8, 4) is 0 Å². The number of carboxylic acids is 1. The smallest absolute Gasteiger partial charge is 0.352 e. The van der Waals surface area contributed by atoms with Crippen LogP contribution in [0, 0.1) is 13.8 Å². The van der Waals surface area contributed by atoms with Crippen molar-refractivity contribution in [3.05, 3.63) is 59.0 Å². The standard InChI is InChI=1S/C22H25N3O2/c1-15-10-16(2)21-17(11-15)12-20(22(26)27)25(21)14-18-13-19(6-7-23-18)24-8-4-3-5-9-24/h6-7,10-13H,3-5,8-9,14H2,1-2H3,(H,26,27). The van der Waals surface area contributed by atoms with E-state index in [0.29, 0.717) is 12.2 Å². The summed E-state index contributed by atoms with van der Waals surface area (Å²) in [5.41, 5.74) is 5.58. The Morgan fingerprint density at radius 1 is 1.11 bits per heavy atom. The predicted molar refractivity (Wildman–Crippen MR) is 108 cm³/mol. The van der Waals surface area contributed by atoms with Crippen LogP contribution < -0.4 is 4.90 Å². The zero-order valence-electron chi connectivity index (χ0n) is 15.9. The van der Waals surface area contributed by atoms with Crippen LogP contribution in [0.3, 0.4) is 0 Å². The van der Waals surface area contributed by atoms with Gasteiger partial charge in [0.15, 0.2) is 0 Å². The van der Waals surface area contributed by atoms with Gasteiger partial charge in [0, 0.05) is 30.4 Å². The van der Waals surface area contributed by atoms with Gasteiger partial charge in [-0.1, -0.05) is 11.6 Å². The maximum absolute atomic E-state index is 11.8. The number of rotatable bonds is 4. The number of aryl methyl sites for hydroxylation is 2. The molecular formula is C22H25N3O2. The van der Waals surface area contributed by atoms with E-state index in [1.165, 1.54) is 24.9 Å². The maximum Gasteiger partial charge on any atom is 0.352 e. The number of hydrogen-bond donors (Lipinski definition) is 1. The Bertz CT molecular complexity index is 1000. The molecule has 1 aliphatic heterocycles. The van der Waals surface area contributed by atoms with Crippen LogP contribution in [0.5, 0.6) is 0 Å². The Kier molecular flexibility index (Phi) is 4.60. The maximum atomic E-state index is 11.8. The molecule has 140 valence electrons. The highest BCUT2D eigenvalue weighted by Gasteiger charge is 2.18. The summed E-state index contributed by atoms with van der Waals surface area (Å²) in [5, 5.41) is 10.7. The van der Waals surface area contributed by atoms with Gasteiger partial charge in [-0.3, -0.25) is 4.98 Å². The van der Waals surface area contributed by atoms with Gasteiger partial charge in [0.05, 0.1) is 17.8 Å². The molecule has 0 unspecified atom stereocenters. The zero-order chi connectivity index (χ0) is 19.0. The quantitative estimate of drug-likeness (QED) is 0.747. The Hall–Kier alpha value is -2.82. The molecule has 0 aliphatic carbocycles. The number of benzene rings is 1. The minimum absolute atomic E-state index is 0.309. The summed E-state index contributed by atoms with van der Waals surface area (Å²) in [7, 11) is 0. The minimum atomic E-state index is -0.907. The van der Waals surface area contributed by atoms with Gasteiger partial charge in [-0.15, -0.1) is 0 Å². The van der Waals surface area contributed by atoms with E-state index in [-0.39, 0.29) is 0 Å². The van der Waals surface area contributed by atoms with Gasteiger partial charge in [-0.2, -0.15) is 0 Å². The number of aromatic nitrogens is 2. The average Bonchev–Trinajstić information content (AvgIpc) is 3.01. The molecule has 1 aromatic carbocycles. The minimum Gasteiger partial charge on any atom is -0.477 e. The molecule has 27 heavy (non-hydrogen) atoms. The van der Waals surface area contributed by atoms with Crippen LogP contribution in [0.2, 0.25) is 0 Å². The largest absolute Gasteiger partial charge is 0.477 e. The molecule has 5 heteroatoms. The first-order valence-corrected chi connectivity index (χ1v) is 9.56. The number of fused-ring (bicyclic) bond motifs is 1. The molecule has 3 aromatic rings. The summed E-state index contributed by atoms with van der Waals surface area (Å²) in [6.45, 7) is 6.68. The lowest BCUT2D eigenvalue weighted by Crippen LogP contribution is -2.29. The van der Waals surface area contributed by atoms with E-state index in [9.17, 15) is 9.90 Å². The van der Waals surface area contributed by atoms with Crippen molar-refractivity contribution in [3.63, 3.8) is 0 Å². The third-order valence-corrected chi connectivity index (χ3v) is 5.39. The van der Waals surface area contributed by atoms with Gasteiger partial charge >= 0.3 is 5.97 Å². The van der Waals surface area contributed by atoms with E-state index >= 15 is 0 Å². The Labute approximate surface area is 159 Å². The van der Waals surface area contributed by atoms with E-state index in [0.717, 1.165) is 40.8 Å². The molecule has 0 spiro atoms. The molecule has 0 amide bonds. The summed E-state index contributed by atoms with van der Waals surface area (Å²) in [5.74, 6) is -0.907. The molecule has 2 aromatic heterocycles. The summed E-state index contributed by atoms with van der Waals surface area (Å²) < 4.78 is 1.88. The van der Waals surface area contributed by atoms with Crippen LogP contribution >= 0.6 is 0 Å². The molecule has 4 rings (SSSR count). The second kappa shape index (κ2) is 7.06. The molecule has 1 saturated heterocycles. The normalized spacial score (nSPS) is 14.7. The lowest BCUT2D eigenvalue weighted by molar-refractivity contribution is 0.0686. The highest BCUT2D eigenvalue weighted by molar-refractivity contribution is 5.96. The Morgan fingerprint density at radius 2 is 1.89 bits per heavy atom. The van der Waals surface area contributed by atoms with Crippen LogP contribution in [-0.2, 0) is 6.54 Å². The fraction of sp³-hybridized carbons (Fsp3) is 0.364. The number of piperidine rings is 1. The molecule has 0 bridgehead atoms. The van der Waals surface area contributed by atoms with Crippen molar-refractivity contribution < 1.29 is 9.90 Å². The number of hydrogen-bond acceptors (Lipinski definition) is 3.